The van der Waals surface area contributed by atoms with Gasteiger partial charge in [-0.2, -0.15) is 5.10 Å². The van der Waals surface area contributed by atoms with Gasteiger partial charge in [0.1, 0.15) is 11.9 Å². The Hall–Kier alpha value is -2.04. The van der Waals surface area contributed by atoms with Crippen molar-refractivity contribution in [2.45, 2.75) is 58.0 Å². The van der Waals surface area contributed by atoms with Crippen LogP contribution in [0.3, 0.4) is 0 Å². The molecule has 2 unspecified atom stereocenters. The molecular weight excluding hydrogens is 372 g/mol. The number of fused-ring (bicyclic) bond motifs is 1. The van der Waals surface area contributed by atoms with Gasteiger partial charge in [-0.15, -0.1) is 12.4 Å². The molecule has 2 aliphatic rings. The van der Waals surface area contributed by atoms with E-state index in [1.165, 1.54) is 16.8 Å². The van der Waals surface area contributed by atoms with Gasteiger partial charge in [-0.3, -0.25) is 5.01 Å². The van der Waals surface area contributed by atoms with Crippen molar-refractivity contribution in [3.63, 3.8) is 0 Å². The Morgan fingerprint density at radius 2 is 1.89 bits per heavy atom. The summed E-state index contributed by atoms with van der Waals surface area (Å²) in [5.74, 6) is 1.02. The number of hydrogen-bond acceptors (Lipinski definition) is 4. The number of para-hydroxylation sites is 1. The van der Waals surface area contributed by atoms with Crippen molar-refractivity contribution >= 4 is 18.1 Å². The van der Waals surface area contributed by atoms with Crippen molar-refractivity contribution in [2.24, 2.45) is 5.10 Å². The summed E-state index contributed by atoms with van der Waals surface area (Å²) in [5.41, 5.74) is 3.75. The van der Waals surface area contributed by atoms with Gasteiger partial charge in [0.2, 0.25) is 0 Å². The van der Waals surface area contributed by atoms with Gasteiger partial charge in [0, 0.05) is 12.1 Å². The van der Waals surface area contributed by atoms with Gasteiger partial charge < -0.3 is 9.47 Å². The minimum Gasteiger partial charge on any atom is -0.488 e. The third kappa shape index (κ3) is 5.06. The average Bonchev–Trinajstić information content (AvgIpc) is 3.08. The van der Waals surface area contributed by atoms with E-state index in [1.54, 1.807) is 0 Å². The molecule has 0 saturated heterocycles. The summed E-state index contributed by atoms with van der Waals surface area (Å²) >= 11 is 0. The lowest BCUT2D eigenvalue weighted by Gasteiger charge is -2.31. The van der Waals surface area contributed by atoms with E-state index in [1.807, 2.05) is 12.1 Å². The normalized spacial score (nSPS) is 20.8. The fraction of sp³-hybridized carbons (Fsp3) is 0.435. The minimum absolute atomic E-state index is 0. The first kappa shape index (κ1) is 20.7. The fourth-order valence-electron chi connectivity index (χ4n) is 3.82. The number of rotatable bonds is 7. The Morgan fingerprint density at radius 3 is 2.71 bits per heavy atom. The van der Waals surface area contributed by atoms with Gasteiger partial charge in [-0.05, 0) is 36.5 Å². The van der Waals surface area contributed by atoms with Crippen molar-refractivity contribution in [1.82, 2.24) is 5.01 Å². The second-order valence-electron chi connectivity index (χ2n) is 7.38. The maximum Gasteiger partial charge on any atom is 0.151 e. The summed E-state index contributed by atoms with van der Waals surface area (Å²) < 4.78 is 12.5. The van der Waals surface area contributed by atoms with E-state index in [0.29, 0.717) is 6.61 Å². The molecule has 2 aromatic rings. The van der Waals surface area contributed by atoms with Gasteiger partial charge >= 0.3 is 0 Å². The molecule has 4 rings (SSSR count). The van der Waals surface area contributed by atoms with Gasteiger partial charge in [0.05, 0.1) is 13.2 Å². The molecule has 2 heterocycles. The van der Waals surface area contributed by atoms with E-state index in [-0.39, 0.29) is 24.7 Å². The number of halogens is 1. The van der Waals surface area contributed by atoms with Crippen LogP contribution in [0.2, 0.25) is 0 Å². The van der Waals surface area contributed by atoms with E-state index in [2.05, 4.69) is 54.4 Å². The van der Waals surface area contributed by atoms with E-state index in [0.717, 1.165) is 44.4 Å². The molecule has 28 heavy (non-hydrogen) atoms. The molecule has 2 aliphatic heterocycles. The second kappa shape index (κ2) is 9.94. The Labute approximate surface area is 173 Å². The van der Waals surface area contributed by atoms with Crippen molar-refractivity contribution in [3.8, 4) is 5.75 Å². The van der Waals surface area contributed by atoms with Gasteiger partial charge in [0.25, 0.3) is 0 Å². The van der Waals surface area contributed by atoms with E-state index in [4.69, 9.17) is 14.6 Å². The van der Waals surface area contributed by atoms with Crippen LogP contribution in [0, 0.1) is 0 Å². The van der Waals surface area contributed by atoms with Crippen LogP contribution in [0.1, 0.15) is 43.7 Å². The average molecular weight is 401 g/mol. The first-order chi connectivity index (χ1) is 13.3. The maximum absolute atomic E-state index is 6.25. The van der Waals surface area contributed by atoms with Crippen LogP contribution in [0.25, 0.3) is 0 Å². The summed E-state index contributed by atoms with van der Waals surface area (Å²) in [5, 5.41) is 6.98. The highest BCUT2D eigenvalue weighted by molar-refractivity contribution is 5.86. The molecule has 2 aromatic carbocycles. The number of ether oxygens (including phenoxy) is 2. The molecule has 0 radical (unpaired) electrons. The van der Waals surface area contributed by atoms with E-state index in [9.17, 15) is 0 Å². The summed E-state index contributed by atoms with van der Waals surface area (Å²) in [6.07, 6.45) is 5.30. The summed E-state index contributed by atoms with van der Waals surface area (Å²) in [4.78, 5) is 0. The van der Waals surface area contributed by atoms with E-state index < -0.39 is 0 Å². The van der Waals surface area contributed by atoms with E-state index >= 15 is 0 Å². The fourth-order valence-corrected chi connectivity index (χ4v) is 3.82. The van der Waals surface area contributed by atoms with Crippen molar-refractivity contribution in [3.05, 3.63) is 65.7 Å². The molecule has 0 saturated carbocycles. The van der Waals surface area contributed by atoms with Crippen LogP contribution >= 0.6 is 12.4 Å². The van der Waals surface area contributed by atoms with Crippen LogP contribution in [0.4, 0.5) is 0 Å². The lowest BCUT2D eigenvalue weighted by Crippen LogP contribution is -2.39. The zero-order valence-corrected chi connectivity index (χ0v) is 17.2. The summed E-state index contributed by atoms with van der Waals surface area (Å²) in [6, 6.07) is 18.7. The Balaban J connectivity index is 0.00000225. The van der Waals surface area contributed by atoms with Crippen LogP contribution in [0.5, 0.6) is 5.75 Å². The zero-order chi connectivity index (χ0) is 18.5. The van der Waals surface area contributed by atoms with Crippen LogP contribution < -0.4 is 4.74 Å². The van der Waals surface area contributed by atoms with Gasteiger partial charge in [0.15, 0.2) is 6.23 Å². The Kier molecular flexibility index (Phi) is 7.35. The smallest absolute Gasteiger partial charge is 0.151 e. The molecule has 150 valence electrons. The number of nitrogens with zero attached hydrogens (tertiary/aromatic N) is 2. The maximum atomic E-state index is 6.25. The predicted molar refractivity (Wildman–Crippen MR) is 115 cm³/mol. The summed E-state index contributed by atoms with van der Waals surface area (Å²) in [6.45, 7) is 3.60. The lowest BCUT2D eigenvalue weighted by atomic mass is 10.0. The summed E-state index contributed by atoms with van der Waals surface area (Å²) in [7, 11) is 0. The number of hydrogen-bond donors (Lipinski definition) is 0. The molecule has 0 spiro atoms. The van der Waals surface area contributed by atoms with Crippen molar-refractivity contribution in [2.75, 3.05) is 6.54 Å². The molecule has 0 bridgehead atoms. The van der Waals surface area contributed by atoms with Gasteiger partial charge in [-0.1, -0.05) is 61.9 Å². The topological polar surface area (TPSA) is 34.1 Å². The number of hydrazone groups is 1. The highest BCUT2D eigenvalue weighted by Gasteiger charge is 2.30. The molecule has 5 heteroatoms. The van der Waals surface area contributed by atoms with Crippen LogP contribution in [-0.4, -0.2) is 29.6 Å². The highest BCUT2D eigenvalue weighted by Crippen LogP contribution is 2.29. The van der Waals surface area contributed by atoms with Gasteiger partial charge in [-0.25, -0.2) is 0 Å². The minimum atomic E-state index is 0. The predicted octanol–water partition coefficient (Wildman–Crippen LogP) is 5.21. The molecule has 0 aromatic heterocycles. The largest absolute Gasteiger partial charge is 0.488 e. The van der Waals surface area contributed by atoms with Crippen LogP contribution in [-0.2, 0) is 17.8 Å². The van der Waals surface area contributed by atoms with Crippen molar-refractivity contribution < 1.29 is 9.47 Å². The number of benzene rings is 2. The monoisotopic (exact) mass is 400 g/mol. The third-order valence-corrected chi connectivity index (χ3v) is 5.23. The SMILES string of the molecule is CCCC1=NN(CC2CCc3ccccc3O2)C(OCc2ccccc2)C1.Cl. The molecular formula is C23H29ClN2O2. The van der Waals surface area contributed by atoms with Crippen LogP contribution in [0.15, 0.2) is 59.7 Å². The molecule has 0 fully saturated rings. The molecule has 2 atom stereocenters. The zero-order valence-electron chi connectivity index (χ0n) is 16.4. The first-order valence-corrected chi connectivity index (χ1v) is 10.0. The highest BCUT2D eigenvalue weighted by atomic mass is 35.5. The third-order valence-electron chi connectivity index (χ3n) is 5.23. The molecule has 4 nitrogen and oxygen atoms in total. The van der Waals surface area contributed by atoms with Crippen molar-refractivity contribution in [1.29, 1.82) is 0 Å². The number of aryl methyl sites for hydroxylation is 1. The quantitative estimate of drug-likeness (QED) is 0.640. The molecule has 0 N–H and O–H groups in total. The standard InChI is InChI=1S/C23H28N2O2.ClH/c1-2-8-20-15-23(26-17-18-9-4-3-5-10-18)25(24-20)16-21-14-13-19-11-6-7-12-22(19)27-21;/h3-7,9-12,21,23H,2,8,13-17H2,1H3;1H. The molecule has 0 amide bonds. The second-order valence-corrected chi connectivity index (χ2v) is 7.38. The Morgan fingerprint density at radius 1 is 1.11 bits per heavy atom. The molecule has 0 aliphatic carbocycles. The first-order valence-electron chi connectivity index (χ1n) is 10.0. The lowest BCUT2D eigenvalue weighted by molar-refractivity contribution is -0.0662. The Bertz CT molecular complexity index is 781.